The van der Waals surface area contributed by atoms with Crippen molar-refractivity contribution in [2.75, 3.05) is 10.6 Å². The van der Waals surface area contributed by atoms with Crippen molar-refractivity contribution in [2.45, 2.75) is 13.5 Å². The maximum absolute atomic E-state index is 12.5. The highest BCUT2D eigenvalue weighted by Gasteiger charge is 2.07. The van der Waals surface area contributed by atoms with Gasteiger partial charge in [-0.05, 0) is 49.4 Å². The molecule has 0 saturated heterocycles. The number of nitrogens with one attached hydrogen (secondary N) is 2. The van der Waals surface area contributed by atoms with E-state index in [1.54, 1.807) is 66.2 Å². The molecular weight excluding hydrogens is 448 g/mol. The molecule has 2 amide bonds. The van der Waals surface area contributed by atoms with Crippen molar-refractivity contribution >= 4 is 40.6 Å². The van der Waals surface area contributed by atoms with Gasteiger partial charge in [-0.1, -0.05) is 24.3 Å². The Morgan fingerprint density at radius 1 is 1.00 bits per heavy atom. The molecule has 7 nitrogen and oxygen atoms in total. The van der Waals surface area contributed by atoms with E-state index in [0.29, 0.717) is 29.3 Å². The summed E-state index contributed by atoms with van der Waals surface area (Å²) in [6.45, 7) is 2.31. The smallest absolute Gasteiger partial charge is 0.255 e. The molecule has 0 bridgehead atoms. The van der Waals surface area contributed by atoms with Gasteiger partial charge < -0.3 is 15.4 Å². The van der Waals surface area contributed by atoms with Crippen molar-refractivity contribution in [3.8, 4) is 5.75 Å². The summed E-state index contributed by atoms with van der Waals surface area (Å²) in [5.41, 5.74) is 3.28. The minimum atomic E-state index is -0.303. The lowest BCUT2D eigenvalue weighted by Gasteiger charge is -2.09. The minimum Gasteiger partial charge on any atom is -0.487 e. The summed E-state index contributed by atoms with van der Waals surface area (Å²) in [5.74, 6) is 0.107. The van der Waals surface area contributed by atoms with Crippen molar-refractivity contribution in [2.24, 2.45) is 0 Å². The van der Waals surface area contributed by atoms with E-state index < -0.39 is 0 Å². The molecule has 170 valence electrons. The topological polar surface area (TPSA) is 93.2 Å². The van der Waals surface area contributed by atoms with E-state index in [0.717, 1.165) is 16.3 Å². The van der Waals surface area contributed by atoms with Gasteiger partial charge in [0.25, 0.3) is 5.91 Å². The zero-order valence-electron chi connectivity index (χ0n) is 18.4. The van der Waals surface area contributed by atoms with Gasteiger partial charge in [0.2, 0.25) is 5.91 Å². The number of pyridine rings is 1. The molecule has 0 unspecified atom stereocenters. The van der Waals surface area contributed by atoms with Gasteiger partial charge in [-0.2, -0.15) is 0 Å². The number of amides is 2. The predicted molar refractivity (Wildman–Crippen MR) is 134 cm³/mol. The van der Waals surface area contributed by atoms with Gasteiger partial charge in [0.15, 0.2) is 0 Å². The van der Waals surface area contributed by atoms with E-state index in [1.807, 2.05) is 36.6 Å². The highest BCUT2D eigenvalue weighted by molar-refractivity contribution is 7.09. The molecular formula is C26H22N4O3S. The molecule has 0 aliphatic heterocycles. The van der Waals surface area contributed by atoms with Gasteiger partial charge in [-0.15, -0.1) is 11.3 Å². The predicted octanol–water partition coefficient (Wildman–Crippen LogP) is 5.33. The van der Waals surface area contributed by atoms with Crippen LogP contribution in [-0.2, 0) is 11.4 Å². The second-order valence-electron chi connectivity index (χ2n) is 7.28. The normalized spacial score (nSPS) is 10.7. The fourth-order valence-electron chi connectivity index (χ4n) is 3.11. The molecule has 4 aromatic rings. The van der Waals surface area contributed by atoms with Crippen molar-refractivity contribution in [1.82, 2.24) is 9.97 Å². The number of para-hydroxylation sites is 1. The Morgan fingerprint density at radius 3 is 2.53 bits per heavy atom. The number of carbonyl (C=O) groups is 2. The lowest BCUT2D eigenvalue weighted by atomic mass is 10.2. The third kappa shape index (κ3) is 6.36. The molecule has 0 saturated carbocycles. The Labute approximate surface area is 201 Å². The molecule has 2 aromatic carbocycles. The summed E-state index contributed by atoms with van der Waals surface area (Å²) >= 11 is 1.58. The van der Waals surface area contributed by atoms with Crippen LogP contribution in [0.4, 0.5) is 11.4 Å². The molecule has 0 spiro atoms. The van der Waals surface area contributed by atoms with E-state index >= 15 is 0 Å². The fourth-order valence-corrected chi connectivity index (χ4v) is 3.70. The van der Waals surface area contributed by atoms with Crippen LogP contribution in [0.15, 0.2) is 84.5 Å². The minimum absolute atomic E-state index is 0.254. The lowest BCUT2D eigenvalue weighted by Crippen LogP contribution is -2.12. The number of nitrogens with zero attached hydrogens (tertiary/aromatic N) is 2. The summed E-state index contributed by atoms with van der Waals surface area (Å²) in [6, 6.07) is 17.7. The van der Waals surface area contributed by atoms with Crippen LogP contribution in [-0.4, -0.2) is 21.8 Å². The Hall–Kier alpha value is -4.30. The molecule has 8 heteroatoms. The highest BCUT2D eigenvalue weighted by Crippen LogP contribution is 2.22. The zero-order chi connectivity index (χ0) is 23.8. The first-order valence-electron chi connectivity index (χ1n) is 10.5. The van der Waals surface area contributed by atoms with E-state index in [9.17, 15) is 9.59 Å². The Balaban J connectivity index is 1.37. The van der Waals surface area contributed by atoms with Crippen molar-refractivity contribution in [1.29, 1.82) is 0 Å². The summed E-state index contributed by atoms with van der Waals surface area (Å²) < 4.78 is 5.89. The van der Waals surface area contributed by atoms with Crippen LogP contribution in [0.2, 0.25) is 0 Å². The maximum Gasteiger partial charge on any atom is 0.255 e. The summed E-state index contributed by atoms with van der Waals surface area (Å²) in [6.07, 6.45) is 6.26. The Kier molecular flexibility index (Phi) is 7.42. The van der Waals surface area contributed by atoms with Gasteiger partial charge in [-0.25, -0.2) is 4.98 Å². The summed E-state index contributed by atoms with van der Waals surface area (Å²) in [4.78, 5) is 33.1. The standard InChI is InChI=1S/C26H22N4O3S/c1-18-28-23(17-34-18)16-33-24-8-3-2-5-19(24)9-10-25(31)29-21-6-4-7-22(15-21)30-26(32)20-11-13-27-14-12-20/h2-15,17H,16H2,1H3,(H,29,31)(H,30,32)/b10-9+. The van der Waals surface area contributed by atoms with Gasteiger partial charge in [0.05, 0.1) is 10.7 Å². The van der Waals surface area contributed by atoms with Crippen LogP contribution in [0.25, 0.3) is 6.08 Å². The number of thiazole rings is 1. The van der Waals surface area contributed by atoms with Crippen LogP contribution >= 0.6 is 11.3 Å². The molecule has 0 fully saturated rings. The first-order valence-corrected chi connectivity index (χ1v) is 11.4. The third-order valence-corrected chi connectivity index (χ3v) is 5.53. The number of aromatic nitrogens is 2. The number of benzene rings is 2. The van der Waals surface area contributed by atoms with Crippen molar-refractivity contribution in [3.05, 3.63) is 106 Å². The number of hydrogen-bond donors (Lipinski definition) is 2. The second kappa shape index (κ2) is 11.0. The highest BCUT2D eigenvalue weighted by atomic mass is 32.1. The molecule has 2 heterocycles. The number of rotatable bonds is 8. The molecule has 4 rings (SSSR count). The van der Waals surface area contributed by atoms with Crippen LogP contribution in [0, 0.1) is 6.92 Å². The molecule has 2 aromatic heterocycles. The number of anilines is 2. The van der Waals surface area contributed by atoms with E-state index in [1.165, 1.54) is 6.08 Å². The van der Waals surface area contributed by atoms with E-state index in [4.69, 9.17) is 4.74 Å². The van der Waals surface area contributed by atoms with Gasteiger partial charge in [0.1, 0.15) is 12.4 Å². The van der Waals surface area contributed by atoms with Crippen LogP contribution in [0.3, 0.4) is 0 Å². The lowest BCUT2D eigenvalue weighted by molar-refractivity contribution is -0.111. The van der Waals surface area contributed by atoms with Crippen LogP contribution < -0.4 is 15.4 Å². The number of ether oxygens (including phenoxy) is 1. The van der Waals surface area contributed by atoms with Gasteiger partial charge in [-0.3, -0.25) is 14.6 Å². The monoisotopic (exact) mass is 470 g/mol. The third-order valence-electron chi connectivity index (χ3n) is 4.71. The molecule has 34 heavy (non-hydrogen) atoms. The molecule has 0 atom stereocenters. The van der Waals surface area contributed by atoms with E-state index in [2.05, 4.69) is 20.6 Å². The largest absolute Gasteiger partial charge is 0.487 e. The molecule has 0 aliphatic carbocycles. The second-order valence-corrected chi connectivity index (χ2v) is 8.34. The summed E-state index contributed by atoms with van der Waals surface area (Å²) in [7, 11) is 0. The molecule has 0 aliphatic rings. The van der Waals surface area contributed by atoms with Crippen LogP contribution in [0.1, 0.15) is 26.6 Å². The van der Waals surface area contributed by atoms with Crippen molar-refractivity contribution < 1.29 is 14.3 Å². The summed E-state index contributed by atoms with van der Waals surface area (Å²) in [5, 5.41) is 8.58. The number of aryl methyl sites for hydroxylation is 1. The molecule has 0 radical (unpaired) electrons. The zero-order valence-corrected chi connectivity index (χ0v) is 19.2. The Morgan fingerprint density at radius 2 is 1.76 bits per heavy atom. The van der Waals surface area contributed by atoms with Gasteiger partial charge in [0, 0.05) is 46.4 Å². The first-order chi connectivity index (χ1) is 16.6. The van der Waals surface area contributed by atoms with Crippen LogP contribution in [0.5, 0.6) is 5.75 Å². The van der Waals surface area contributed by atoms with Crippen molar-refractivity contribution in [3.63, 3.8) is 0 Å². The van der Waals surface area contributed by atoms with E-state index in [-0.39, 0.29) is 11.8 Å². The Bertz CT molecular complexity index is 1320. The fraction of sp³-hybridized carbons (Fsp3) is 0.0769. The number of hydrogen-bond acceptors (Lipinski definition) is 6. The van der Waals surface area contributed by atoms with Gasteiger partial charge >= 0.3 is 0 Å². The quantitative estimate of drug-likeness (QED) is 0.340. The first kappa shape index (κ1) is 22.9. The average molecular weight is 471 g/mol. The maximum atomic E-state index is 12.5. The molecule has 2 N–H and O–H groups in total. The number of carbonyl (C=O) groups excluding carboxylic acids is 2. The SMILES string of the molecule is Cc1nc(COc2ccccc2/C=C/C(=O)Nc2cccc(NC(=O)c3ccncc3)c2)cs1. The average Bonchev–Trinajstić information content (AvgIpc) is 3.27.